The van der Waals surface area contributed by atoms with Gasteiger partial charge in [-0.05, 0) is 24.3 Å². The number of aliphatic hydroxyl groups is 1. The van der Waals surface area contributed by atoms with Crippen LogP contribution in [0, 0.1) is 11.6 Å². The zero-order chi connectivity index (χ0) is 13.3. The number of aliphatic hydroxyl groups excluding tert-OH is 1. The lowest BCUT2D eigenvalue weighted by molar-refractivity contribution is 0.214. The molecule has 94 valence electrons. The SMILES string of the molecule is Nc1ccc(Cl)cc1C(O)c1cccc(F)c1F. The normalized spacial score (nSPS) is 12.4. The lowest BCUT2D eigenvalue weighted by atomic mass is 9.99. The molecule has 0 aromatic heterocycles. The fraction of sp³-hybridized carbons (Fsp3) is 0.0769. The maximum absolute atomic E-state index is 13.6. The fourth-order valence-electron chi connectivity index (χ4n) is 1.68. The van der Waals surface area contributed by atoms with Gasteiger partial charge in [-0.2, -0.15) is 0 Å². The third kappa shape index (κ3) is 2.30. The van der Waals surface area contributed by atoms with E-state index in [0.717, 1.165) is 6.07 Å². The molecule has 2 rings (SSSR count). The number of nitrogens with two attached hydrogens (primary N) is 1. The molecule has 1 atom stereocenters. The van der Waals surface area contributed by atoms with Crippen LogP contribution in [0.5, 0.6) is 0 Å². The molecule has 0 heterocycles. The van der Waals surface area contributed by atoms with Crippen molar-refractivity contribution in [2.45, 2.75) is 6.10 Å². The van der Waals surface area contributed by atoms with E-state index in [4.69, 9.17) is 17.3 Å². The van der Waals surface area contributed by atoms with Crippen LogP contribution in [-0.2, 0) is 0 Å². The highest BCUT2D eigenvalue weighted by atomic mass is 35.5. The van der Waals surface area contributed by atoms with Gasteiger partial charge in [0.1, 0.15) is 6.10 Å². The van der Waals surface area contributed by atoms with Crippen LogP contribution in [0.3, 0.4) is 0 Å². The van der Waals surface area contributed by atoms with Gasteiger partial charge >= 0.3 is 0 Å². The van der Waals surface area contributed by atoms with Crippen LogP contribution in [0.2, 0.25) is 5.02 Å². The lowest BCUT2D eigenvalue weighted by Crippen LogP contribution is -2.07. The molecular formula is C13H10ClF2NO. The molecule has 0 aliphatic carbocycles. The monoisotopic (exact) mass is 269 g/mol. The van der Waals surface area contributed by atoms with E-state index in [0.29, 0.717) is 5.02 Å². The Kier molecular flexibility index (Phi) is 3.50. The molecule has 0 saturated heterocycles. The molecule has 5 heteroatoms. The Balaban J connectivity index is 2.51. The van der Waals surface area contributed by atoms with Gasteiger partial charge in [-0.3, -0.25) is 0 Å². The summed E-state index contributed by atoms with van der Waals surface area (Å²) in [6, 6.07) is 8.06. The summed E-state index contributed by atoms with van der Waals surface area (Å²) in [5, 5.41) is 10.4. The first-order chi connectivity index (χ1) is 8.50. The Morgan fingerprint density at radius 1 is 1.11 bits per heavy atom. The van der Waals surface area contributed by atoms with E-state index in [1.165, 1.54) is 24.3 Å². The lowest BCUT2D eigenvalue weighted by Gasteiger charge is -2.15. The van der Waals surface area contributed by atoms with Crippen molar-refractivity contribution in [2.75, 3.05) is 5.73 Å². The summed E-state index contributed by atoms with van der Waals surface area (Å²) in [4.78, 5) is 0. The summed E-state index contributed by atoms with van der Waals surface area (Å²) in [6.45, 7) is 0. The Hall–Kier alpha value is -1.65. The van der Waals surface area contributed by atoms with Crippen molar-refractivity contribution < 1.29 is 13.9 Å². The molecule has 18 heavy (non-hydrogen) atoms. The number of anilines is 1. The minimum absolute atomic E-state index is 0.177. The van der Waals surface area contributed by atoms with E-state index >= 15 is 0 Å². The molecule has 0 radical (unpaired) electrons. The fourth-order valence-corrected chi connectivity index (χ4v) is 1.86. The summed E-state index contributed by atoms with van der Waals surface area (Å²) >= 11 is 5.78. The average Bonchev–Trinajstić information content (AvgIpc) is 2.35. The first kappa shape index (κ1) is 12.8. The second-order valence-electron chi connectivity index (χ2n) is 3.82. The number of benzene rings is 2. The van der Waals surface area contributed by atoms with E-state index < -0.39 is 17.7 Å². The van der Waals surface area contributed by atoms with Crippen LogP contribution in [0.25, 0.3) is 0 Å². The largest absolute Gasteiger partial charge is 0.398 e. The molecule has 2 aromatic rings. The Labute approximate surface area is 108 Å². The highest BCUT2D eigenvalue weighted by Gasteiger charge is 2.19. The second-order valence-corrected chi connectivity index (χ2v) is 4.26. The summed E-state index contributed by atoms with van der Waals surface area (Å²) < 4.78 is 26.7. The maximum atomic E-state index is 13.6. The van der Waals surface area contributed by atoms with Crippen LogP contribution < -0.4 is 5.73 Å². The van der Waals surface area contributed by atoms with Crippen LogP contribution in [0.1, 0.15) is 17.2 Å². The van der Waals surface area contributed by atoms with Gasteiger partial charge in [-0.25, -0.2) is 8.78 Å². The van der Waals surface area contributed by atoms with Crippen LogP contribution in [0.4, 0.5) is 14.5 Å². The van der Waals surface area contributed by atoms with E-state index in [1.807, 2.05) is 0 Å². The number of halogens is 3. The van der Waals surface area contributed by atoms with Gasteiger partial charge in [0, 0.05) is 21.8 Å². The average molecular weight is 270 g/mol. The summed E-state index contributed by atoms with van der Waals surface area (Å²) in [5.41, 5.74) is 6.01. The zero-order valence-corrected chi connectivity index (χ0v) is 9.96. The summed E-state index contributed by atoms with van der Waals surface area (Å²) in [7, 11) is 0. The van der Waals surface area contributed by atoms with E-state index in [-0.39, 0.29) is 16.8 Å². The molecule has 2 aromatic carbocycles. The topological polar surface area (TPSA) is 46.2 Å². The van der Waals surface area contributed by atoms with E-state index in [1.54, 1.807) is 6.07 Å². The van der Waals surface area contributed by atoms with Gasteiger partial charge in [0.05, 0.1) is 0 Å². The molecule has 0 aliphatic rings. The molecule has 3 N–H and O–H groups in total. The van der Waals surface area contributed by atoms with Gasteiger partial charge in [0.15, 0.2) is 11.6 Å². The van der Waals surface area contributed by atoms with Crippen molar-refractivity contribution in [3.8, 4) is 0 Å². The molecule has 0 spiro atoms. The first-order valence-corrected chi connectivity index (χ1v) is 5.55. The third-order valence-electron chi connectivity index (χ3n) is 2.62. The Morgan fingerprint density at radius 2 is 1.83 bits per heavy atom. The molecule has 1 unspecified atom stereocenters. The predicted octanol–water partition coefficient (Wildman–Crippen LogP) is 3.28. The number of rotatable bonds is 2. The van der Waals surface area contributed by atoms with Crippen molar-refractivity contribution in [3.63, 3.8) is 0 Å². The minimum Gasteiger partial charge on any atom is -0.398 e. The highest BCUT2D eigenvalue weighted by Crippen LogP contribution is 2.30. The molecule has 0 saturated carbocycles. The highest BCUT2D eigenvalue weighted by molar-refractivity contribution is 6.30. The molecule has 0 amide bonds. The van der Waals surface area contributed by atoms with Gasteiger partial charge < -0.3 is 10.8 Å². The van der Waals surface area contributed by atoms with Gasteiger partial charge in [-0.15, -0.1) is 0 Å². The van der Waals surface area contributed by atoms with Crippen LogP contribution in [-0.4, -0.2) is 5.11 Å². The minimum atomic E-state index is -1.36. The van der Waals surface area contributed by atoms with Gasteiger partial charge in [0.25, 0.3) is 0 Å². The van der Waals surface area contributed by atoms with Gasteiger partial charge in [0.2, 0.25) is 0 Å². The number of hydrogen-bond donors (Lipinski definition) is 2. The van der Waals surface area contributed by atoms with Gasteiger partial charge in [-0.1, -0.05) is 23.7 Å². The van der Waals surface area contributed by atoms with Crippen molar-refractivity contribution in [1.82, 2.24) is 0 Å². The summed E-state index contributed by atoms with van der Waals surface area (Å²) in [6.07, 6.45) is -1.36. The Morgan fingerprint density at radius 3 is 2.56 bits per heavy atom. The quantitative estimate of drug-likeness (QED) is 0.822. The molecule has 0 bridgehead atoms. The first-order valence-electron chi connectivity index (χ1n) is 5.17. The number of nitrogen functional groups attached to an aromatic ring is 1. The number of hydrogen-bond acceptors (Lipinski definition) is 2. The van der Waals surface area contributed by atoms with Crippen molar-refractivity contribution in [1.29, 1.82) is 0 Å². The van der Waals surface area contributed by atoms with E-state index in [9.17, 15) is 13.9 Å². The molecular weight excluding hydrogens is 260 g/mol. The van der Waals surface area contributed by atoms with Crippen molar-refractivity contribution in [2.24, 2.45) is 0 Å². The van der Waals surface area contributed by atoms with Crippen molar-refractivity contribution >= 4 is 17.3 Å². The Bertz CT molecular complexity index is 587. The van der Waals surface area contributed by atoms with Crippen molar-refractivity contribution in [3.05, 3.63) is 64.2 Å². The second kappa shape index (κ2) is 4.92. The van der Waals surface area contributed by atoms with Crippen LogP contribution in [0.15, 0.2) is 36.4 Å². The third-order valence-corrected chi connectivity index (χ3v) is 2.85. The predicted molar refractivity (Wildman–Crippen MR) is 66.3 cm³/mol. The molecule has 2 nitrogen and oxygen atoms in total. The van der Waals surface area contributed by atoms with Crippen LogP contribution >= 0.6 is 11.6 Å². The summed E-state index contributed by atoms with van der Waals surface area (Å²) in [5.74, 6) is -2.11. The molecule has 0 fully saturated rings. The standard InChI is InChI=1S/C13H10ClF2NO/c14-7-4-5-11(17)9(6-7)13(18)8-2-1-3-10(15)12(8)16/h1-6,13,18H,17H2. The zero-order valence-electron chi connectivity index (χ0n) is 9.20. The molecule has 0 aliphatic heterocycles. The van der Waals surface area contributed by atoms with E-state index in [2.05, 4.69) is 0 Å². The smallest absolute Gasteiger partial charge is 0.164 e. The maximum Gasteiger partial charge on any atom is 0.164 e.